The van der Waals surface area contributed by atoms with Gasteiger partial charge in [-0.2, -0.15) is 0 Å². The van der Waals surface area contributed by atoms with E-state index in [-0.39, 0.29) is 6.61 Å². The number of anilines is 1. The fourth-order valence-corrected chi connectivity index (χ4v) is 2.12. The van der Waals surface area contributed by atoms with Gasteiger partial charge >= 0.3 is 0 Å². The van der Waals surface area contributed by atoms with Crippen molar-refractivity contribution in [2.45, 2.75) is 0 Å². The predicted molar refractivity (Wildman–Crippen MR) is 89.5 cm³/mol. The lowest BCUT2D eigenvalue weighted by atomic mass is 10.2. The van der Waals surface area contributed by atoms with Gasteiger partial charge in [-0.25, -0.2) is 13.2 Å². The summed E-state index contributed by atoms with van der Waals surface area (Å²) in [5, 5.41) is 2.40. The molecule has 2 rings (SSSR count). The van der Waals surface area contributed by atoms with Crippen molar-refractivity contribution in [1.29, 1.82) is 0 Å². The molecule has 26 heavy (non-hydrogen) atoms. The zero-order valence-electron chi connectivity index (χ0n) is 13.6. The molecule has 0 aliphatic heterocycles. The van der Waals surface area contributed by atoms with Crippen LogP contribution < -0.4 is 10.1 Å². The number of likely N-dealkylation sites (N-methyl/N-ethyl adjacent to an activating group) is 1. The minimum atomic E-state index is -1.69. The van der Waals surface area contributed by atoms with Crippen LogP contribution in [0.3, 0.4) is 0 Å². The van der Waals surface area contributed by atoms with E-state index >= 15 is 0 Å². The molecule has 1 N–H and O–H groups in total. The second-order valence-electron chi connectivity index (χ2n) is 5.24. The number of hydrogen-bond acceptors (Lipinski definition) is 3. The molecule has 2 aromatic rings. The Kier molecular flexibility index (Phi) is 6.46. The topological polar surface area (TPSA) is 58.6 Å². The molecular weight excluding hydrogens is 373 g/mol. The maximum absolute atomic E-state index is 13.5. The Labute approximate surface area is 152 Å². The van der Waals surface area contributed by atoms with Crippen LogP contribution in [-0.2, 0) is 9.59 Å². The first kappa shape index (κ1) is 19.6. The van der Waals surface area contributed by atoms with E-state index in [0.29, 0.717) is 16.8 Å². The van der Waals surface area contributed by atoms with Crippen molar-refractivity contribution >= 4 is 29.1 Å². The lowest BCUT2D eigenvalue weighted by Gasteiger charge is -2.17. The van der Waals surface area contributed by atoms with Gasteiger partial charge in [-0.05, 0) is 24.3 Å². The average Bonchev–Trinajstić information content (AvgIpc) is 2.61. The zero-order valence-corrected chi connectivity index (χ0v) is 14.3. The summed E-state index contributed by atoms with van der Waals surface area (Å²) in [7, 11) is 1.33. The number of nitrogens with zero attached hydrogens (tertiary/aromatic N) is 1. The molecule has 0 spiro atoms. The number of carbonyl (C=O) groups excluding carboxylic acids is 2. The molecular formula is C17H14ClF3N2O3. The highest BCUT2D eigenvalue weighted by Crippen LogP contribution is 2.23. The fourth-order valence-electron chi connectivity index (χ4n) is 1.93. The Morgan fingerprint density at radius 1 is 1.12 bits per heavy atom. The summed E-state index contributed by atoms with van der Waals surface area (Å²) in [5.74, 6) is -5.60. The van der Waals surface area contributed by atoms with Crippen LogP contribution in [0.2, 0.25) is 5.02 Å². The first-order valence-corrected chi connectivity index (χ1v) is 7.72. The molecule has 0 saturated carbocycles. The molecule has 2 amide bonds. The smallest absolute Gasteiger partial charge is 0.260 e. The summed E-state index contributed by atoms with van der Waals surface area (Å²) in [6, 6.07) is 8.11. The van der Waals surface area contributed by atoms with Gasteiger partial charge in [0.05, 0.1) is 17.3 Å². The number of ether oxygens (including phenoxy) is 1. The first-order chi connectivity index (χ1) is 12.3. The van der Waals surface area contributed by atoms with Gasteiger partial charge in [0.15, 0.2) is 24.1 Å². The fraction of sp³-hybridized carbons (Fsp3) is 0.176. The Hall–Kier alpha value is -2.74. The highest BCUT2D eigenvalue weighted by Gasteiger charge is 2.18. The SMILES string of the molecule is CN(CC(=O)Nc1ccc(F)c(F)c1F)C(=O)COc1ccccc1Cl. The molecule has 2 aromatic carbocycles. The third kappa shape index (κ3) is 4.89. The van der Waals surface area contributed by atoms with Gasteiger partial charge in [0.25, 0.3) is 5.91 Å². The van der Waals surface area contributed by atoms with E-state index in [9.17, 15) is 22.8 Å². The van der Waals surface area contributed by atoms with Crippen LogP contribution in [-0.4, -0.2) is 36.9 Å². The maximum Gasteiger partial charge on any atom is 0.260 e. The minimum absolute atomic E-state index is 0.309. The number of nitrogens with one attached hydrogen (secondary N) is 1. The number of amides is 2. The van der Waals surface area contributed by atoms with Gasteiger partial charge < -0.3 is 15.0 Å². The second kappa shape index (κ2) is 8.57. The molecule has 9 heteroatoms. The standard InChI is InChI=1S/C17H14ClF3N2O3/c1-23(15(25)9-26-13-5-3-2-4-10(13)18)8-14(24)22-12-7-6-11(19)16(20)17(12)21/h2-7H,8-9H2,1H3,(H,22,24). The molecule has 0 aliphatic carbocycles. The van der Waals surface area contributed by atoms with Crippen molar-refractivity contribution < 1.29 is 27.5 Å². The molecule has 0 heterocycles. The van der Waals surface area contributed by atoms with Crippen molar-refractivity contribution in [2.24, 2.45) is 0 Å². The average molecular weight is 387 g/mol. The number of halogens is 4. The molecule has 0 aromatic heterocycles. The van der Waals surface area contributed by atoms with Crippen LogP contribution in [0.4, 0.5) is 18.9 Å². The van der Waals surface area contributed by atoms with Crippen LogP contribution in [0.5, 0.6) is 5.75 Å². The molecule has 0 atom stereocenters. The first-order valence-electron chi connectivity index (χ1n) is 7.34. The summed E-state index contributed by atoms with van der Waals surface area (Å²) in [4.78, 5) is 24.9. The van der Waals surface area contributed by atoms with E-state index in [4.69, 9.17) is 16.3 Å². The van der Waals surface area contributed by atoms with Gasteiger partial charge in [0.2, 0.25) is 5.91 Å². The van der Waals surface area contributed by atoms with Gasteiger partial charge in [0, 0.05) is 7.05 Å². The quantitative estimate of drug-likeness (QED) is 0.775. The summed E-state index contributed by atoms with van der Waals surface area (Å²) in [5.41, 5.74) is -0.526. The van der Waals surface area contributed by atoms with Crippen LogP contribution in [0.25, 0.3) is 0 Å². The highest BCUT2D eigenvalue weighted by molar-refractivity contribution is 6.32. The van der Waals surface area contributed by atoms with Crippen molar-refractivity contribution in [3.05, 3.63) is 58.9 Å². The Morgan fingerprint density at radius 3 is 2.50 bits per heavy atom. The number of para-hydroxylation sites is 1. The third-order valence-corrected chi connectivity index (χ3v) is 3.62. The predicted octanol–water partition coefficient (Wildman–Crippen LogP) is 3.23. The van der Waals surface area contributed by atoms with Gasteiger partial charge in [-0.15, -0.1) is 0 Å². The summed E-state index contributed by atoms with van der Waals surface area (Å²) >= 11 is 5.89. The molecule has 0 unspecified atom stereocenters. The molecule has 5 nitrogen and oxygen atoms in total. The highest BCUT2D eigenvalue weighted by atomic mass is 35.5. The lowest BCUT2D eigenvalue weighted by Crippen LogP contribution is -2.37. The monoisotopic (exact) mass is 386 g/mol. The van der Waals surface area contributed by atoms with E-state index < -0.39 is 41.5 Å². The van der Waals surface area contributed by atoms with Crippen molar-refractivity contribution in [3.63, 3.8) is 0 Å². The van der Waals surface area contributed by atoms with E-state index in [2.05, 4.69) is 5.32 Å². The van der Waals surface area contributed by atoms with E-state index in [1.807, 2.05) is 0 Å². The molecule has 0 aliphatic rings. The van der Waals surface area contributed by atoms with Gasteiger partial charge in [-0.3, -0.25) is 9.59 Å². The Bertz CT molecular complexity index is 833. The molecule has 138 valence electrons. The Morgan fingerprint density at radius 2 is 1.81 bits per heavy atom. The van der Waals surface area contributed by atoms with E-state index in [1.54, 1.807) is 24.3 Å². The normalized spacial score (nSPS) is 10.3. The largest absolute Gasteiger partial charge is 0.482 e. The van der Waals surface area contributed by atoms with Crippen LogP contribution in [0.1, 0.15) is 0 Å². The molecule has 0 radical (unpaired) electrons. The summed E-state index contributed by atoms with van der Waals surface area (Å²) < 4.78 is 44.8. The van der Waals surface area contributed by atoms with E-state index in [1.165, 1.54) is 7.05 Å². The van der Waals surface area contributed by atoms with E-state index in [0.717, 1.165) is 11.0 Å². The molecule has 0 fully saturated rings. The van der Waals surface area contributed by atoms with Crippen LogP contribution in [0, 0.1) is 17.5 Å². The van der Waals surface area contributed by atoms with Crippen LogP contribution >= 0.6 is 11.6 Å². The van der Waals surface area contributed by atoms with Crippen molar-refractivity contribution in [1.82, 2.24) is 4.90 Å². The van der Waals surface area contributed by atoms with Crippen molar-refractivity contribution in [3.8, 4) is 5.75 Å². The Balaban J connectivity index is 1.89. The van der Waals surface area contributed by atoms with Crippen molar-refractivity contribution in [2.75, 3.05) is 25.5 Å². The summed E-state index contributed by atoms with van der Waals surface area (Å²) in [6.45, 7) is -0.809. The maximum atomic E-state index is 13.5. The number of benzene rings is 2. The minimum Gasteiger partial charge on any atom is -0.482 e. The lowest BCUT2D eigenvalue weighted by molar-refractivity contribution is -0.135. The van der Waals surface area contributed by atoms with Gasteiger partial charge in [-0.1, -0.05) is 23.7 Å². The zero-order chi connectivity index (χ0) is 19.3. The number of rotatable bonds is 6. The van der Waals surface area contributed by atoms with Gasteiger partial charge in [0.1, 0.15) is 5.75 Å². The number of hydrogen-bond donors (Lipinski definition) is 1. The molecule has 0 bridgehead atoms. The number of carbonyl (C=O) groups is 2. The second-order valence-corrected chi connectivity index (χ2v) is 5.65. The summed E-state index contributed by atoms with van der Waals surface area (Å²) in [6.07, 6.45) is 0. The van der Waals surface area contributed by atoms with Crippen LogP contribution in [0.15, 0.2) is 36.4 Å². The third-order valence-electron chi connectivity index (χ3n) is 3.30. The molecule has 0 saturated heterocycles.